The molecule has 0 radical (unpaired) electrons. The lowest BCUT2D eigenvalue weighted by molar-refractivity contribution is -0.0642. The van der Waals surface area contributed by atoms with Crippen LogP contribution in [0.3, 0.4) is 0 Å². The van der Waals surface area contributed by atoms with Crippen molar-refractivity contribution in [2.24, 2.45) is 0 Å². The smallest absolute Gasteiger partial charge is 0.0641 e. The lowest BCUT2D eigenvalue weighted by Crippen LogP contribution is -2.48. The number of hydrogen-bond donors (Lipinski definition) is 1. The van der Waals surface area contributed by atoms with Crippen LogP contribution < -0.4 is 5.32 Å². The number of ether oxygens (including phenoxy) is 1. The third-order valence-electron chi connectivity index (χ3n) is 3.56. The normalized spacial score (nSPS) is 39.5. The van der Waals surface area contributed by atoms with Gasteiger partial charge >= 0.3 is 0 Å². The van der Waals surface area contributed by atoms with E-state index in [9.17, 15) is 4.21 Å². The quantitative estimate of drug-likeness (QED) is 0.800. The molecule has 0 bridgehead atoms. The van der Waals surface area contributed by atoms with Gasteiger partial charge in [0, 0.05) is 41.0 Å². The Labute approximate surface area is 101 Å². The van der Waals surface area contributed by atoms with E-state index < -0.39 is 10.8 Å². The summed E-state index contributed by atoms with van der Waals surface area (Å²) < 4.78 is 17.0. The highest BCUT2D eigenvalue weighted by Crippen LogP contribution is 2.25. The standard InChI is InChI=1S/C12H23NO2S/c1-12(2)9-11(3-6-15-12)13-10-4-7-16(14)8-5-10/h10-11,13H,3-9H2,1-2H3. The van der Waals surface area contributed by atoms with Gasteiger partial charge in [-0.2, -0.15) is 0 Å². The Morgan fingerprint density at radius 3 is 2.50 bits per heavy atom. The number of nitrogens with one attached hydrogen (secondary N) is 1. The van der Waals surface area contributed by atoms with Gasteiger partial charge in [0.25, 0.3) is 0 Å². The molecule has 0 aromatic heterocycles. The molecule has 3 nitrogen and oxygen atoms in total. The summed E-state index contributed by atoms with van der Waals surface area (Å²) in [6.45, 7) is 5.19. The van der Waals surface area contributed by atoms with Gasteiger partial charge in [-0.05, 0) is 39.5 Å². The van der Waals surface area contributed by atoms with E-state index in [0.717, 1.165) is 43.8 Å². The molecule has 2 rings (SSSR count). The van der Waals surface area contributed by atoms with Crippen molar-refractivity contribution in [3.63, 3.8) is 0 Å². The molecular weight excluding hydrogens is 222 g/mol. The van der Waals surface area contributed by atoms with Gasteiger partial charge in [0.2, 0.25) is 0 Å². The zero-order valence-electron chi connectivity index (χ0n) is 10.3. The van der Waals surface area contributed by atoms with Gasteiger partial charge in [0.05, 0.1) is 5.60 Å². The average Bonchev–Trinajstić information content (AvgIpc) is 2.20. The first-order valence-corrected chi connectivity index (χ1v) is 7.79. The van der Waals surface area contributed by atoms with E-state index in [4.69, 9.17) is 4.74 Å². The van der Waals surface area contributed by atoms with Crippen molar-refractivity contribution >= 4 is 10.8 Å². The van der Waals surface area contributed by atoms with Gasteiger partial charge in [-0.3, -0.25) is 4.21 Å². The summed E-state index contributed by atoms with van der Waals surface area (Å²) in [6, 6.07) is 1.16. The fourth-order valence-electron chi connectivity index (χ4n) is 2.67. The molecule has 4 heteroatoms. The van der Waals surface area contributed by atoms with Crippen LogP contribution in [0.4, 0.5) is 0 Å². The third-order valence-corrected chi connectivity index (χ3v) is 4.94. The second-order valence-corrected chi connectivity index (χ2v) is 7.28. The number of hydrogen-bond acceptors (Lipinski definition) is 3. The van der Waals surface area contributed by atoms with Crippen LogP contribution in [-0.2, 0) is 15.5 Å². The number of rotatable bonds is 2. The molecule has 2 heterocycles. The minimum Gasteiger partial charge on any atom is -0.375 e. The van der Waals surface area contributed by atoms with Gasteiger partial charge in [0.15, 0.2) is 0 Å². The van der Waals surface area contributed by atoms with E-state index >= 15 is 0 Å². The Morgan fingerprint density at radius 2 is 1.88 bits per heavy atom. The van der Waals surface area contributed by atoms with Crippen molar-refractivity contribution in [2.75, 3.05) is 18.1 Å². The van der Waals surface area contributed by atoms with Gasteiger partial charge < -0.3 is 10.1 Å². The largest absolute Gasteiger partial charge is 0.375 e. The summed E-state index contributed by atoms with van der Waals surface area (Å²) in [5, 5.41) is 3.72. The molecule has 0 aromatic carbocycles. The van der Waals surface area contributed by atoms with Crippen LogP contribution in [0.2, 0.25) is 0 Å². The van der Waals surface area contributed by atoms with Crippen LogP contribution in [0.15, 0.2) is 0 Å². The van der Waals surface area contributed by atoms with E-state index in [1.54, 1.807) is 0 Å². The van der Waals surface area contributed by atoms with Crippen LogP contribution in [0.1, 0.15) is 39.5 Å². The van der Waals surface area contributed by atoms with E-state index in [2.05, 4.69) is 19.2 Å². The van der Waals surface area contributed by atoms with Gasteiger partial charge in [0.1, 0.15) is 0 Å². The van der Waals surface area contributed by atoms with Crippen molar-refractivity contribution in [3.05, 3.63) is 0 Å². The van der Waals surface area contributed by atoms with E-state index in [0.29, 0.717) is 12.1 Å². The first kappa shape index (κ1) is 12.5. The molecule has 0 amide bonds. The van der Waals surface area contributed by atoms with Crippen LogP contribution in [0.5, 0.6) is 0 Å². The Bertz CT molecular complexity index is 258. The predicted molar refractivity (Wildman–Crippen MR) is 67.1 cm³/mol. The molecule has 1 atom stereocenters. The summed E-state index contributed by atoms with van der Waals surface area (Å²) in [7, 11) is -0.547. The fourth-order valence-corrected chi connectivity index (χ4v) is 3.97. The van der Waals surface area contributed by atoms with Crippen molar-refractivity contribution in [1.29, 1.82) is 0 Å². The zero-order valence-corrected chi connectivity index (χ0v) is 11.1. The van der Waals surface area contributed by atoms with E-state index in [1.807, 2.05) is 0 Å². The SMILES string of the molecule is CC1(C)CC(NC2CCS(=O)CC2)CCO1. The van der Waals surface area contributed by atoms with E-state index in [-0.39, 0.29) is 5.60 Å². The molecule has 16 heavy (non-hydrogen) atoms. The molecule has 94 valence electrons. The van der Waals surface area contributed by atoms with Crippen LogP contribution in [0.25, 0.3) is 0 Å². The molecule has 1 unspecified atom stereocenters. The molecular formula is C12H23NO2S. The Balaban J connectivity index is 1.78. The Hall–Kier alpha value is 0.0700. The van der Waals surface area contributed by atoms with Crippen LogP contribution in [-0.4, -0.2) is 40.0 Å². The summed E-state index contributed by atoms with van der Waals surface area (Å²) in [5.74, 6) is 1.76. The van der Waals surface area contributed by atoms with Gasteiger partial charge in [-0.25, -0.2) is 0 Å². The summed E-state index contributed by atoms with van der Waals surface area (Å²) in [5.41, 5.74) is 0.0212. The highest BCUT2D eigenvalue weighted by molar-refractivity contribution is 7.85. The lowest BCUT2D eigenvalue weighted by atomic mass is 9.93. The van der Waals surface area contributed by atoms with Gasteiger partial charge in [-0.15, -0.1) is 0 Å². The molecule has 2 aliphatic heterocycles. The van der Waals surface area contributed by atoms with Gasteiger partial charge in [-0.1, -0.05) is 0 Å². The summed E-state index contributed by atoms with van der Waals surface area (Å²) >= 11 is 0. The predicted octanol–water partition coefficient (Wildman–Crippen LogP) is 1.44. The van der Waals surface area contributed by atoms with E-state index in [1.165, 1.54) is 0 Å². The molecule has 2 fully saturated rings. The molecule has 0 saturated carbocycles. The topological polar surface area (TPSA) is 38.3 Å². The maximum Gasteiger partial charge on any atom is 0.0641 e. The maximum absolute atomic E-state index is 11.3. The fraction of sp³-hybridized carbons (Fsp3) is 1.00. The average molecular weight is 245 g/mol. The van der Waals surface area contributed by atoms with Crippen molar-refractivity contribution in [1.82, 2.24) is 5.32 Å². The lowest BCUT2D eigenvalue weighted by Gasteiger charge is -2.38. The molecule has 2 saturated heterocycles. The van der Waals surface area contributed by atoms with Crippen LogP contribution in [0, 0.1) is 0 Å². The Morgan fingerprint density at radius 1 is 1.19 bits per heavy atom. The van der Waals surface area contributed by atoms with Crippen molar-refractivity contribution in [2.45, 2.75) is 57.2 Å². The first-order valence-electron chi connectivity index (χ1n) is 6.30. The van der Waals surface area contributed by atoms with Crippen LogP contribution >= 0.6 is 0 Å². The minimum atomic E-state index is -0.547. The zero-order chi connectivity index (χ0) is 11.6. The van der Waals surface area contributed by atoms with Crippen molar-refractivity contribution < 1.29 is 8.95 Å². The highest BCUT2D eigenvalue weighted by atomic mass is 32.2. The minimum absolute atomic E-state index is 0.0212. The Kier molecular flexibility index (Phi) is 4.03. The maximum atomic E-state index is 11.3. The highest BCUT2D eigenvalue weighted by Gasteiger charge is 2.30. The second-order valence-electron chi connectivity index (χ2n) is 5.59. The molecule has 2 aliphatic rings. The second kappa shape index (κ2) is 5.15. The molecule has 0 spiro atoms. The molecule has 0 aliphatic carbocycles. The summed E-state index contributed by atoms with van der Waals surface area (Å²) in [6.07, 6.45) is 4.35. The van der Waals surface area contributed by atoms with Crippen molar-refractivity contribution in [3.8, 4) is 0 Å². The molecule has 0 aromatic rings. The molecule has 1 N–H and O–H groups in total. The third kappa shape index (κ3) is 3.54. The first-order chi connectivity index (χ1) is 7.55. The summed E-state index contributed by atoms with van der Waals surface area (Å²) in [4.78, 5) is 0. The monoisotopic (exact) mass is 245 g/mol.